The summed E-state index contributed by atoms with van der Waals surface area (Å²) in [6.07, 6.45) is 3.36. The summed E-state index contributed by atoms with van der Waals surface area (Å²) in [6, 6.07) is 9.89. The molecule has 0 unspecified atom stereocenters. The predicted octanol–water partition coefficient (Wildman–Crippen LogP) is 1.83. The summed E-state index contributed by atoms with van der Waals surface area (Å²) in [5, 5.41) is 2.72. The first kappa shape index (κ1) is 17.6. The zero-order valence-corrected chi connectivity index (χ0v) is 14.6. The van der Waals surface area contributed by atoms with E-state index >= 15 is 0 Å². The number of aromatic nitrogens is 1. The number of hydrogen-bond donors (Lipinski definition) is 2. The van der Waals surface area contributed by atoms with Crippen LogP contribution >= 0.6 is 15.9 Å². The Kier molecular flexibility index (Phi) is 6.26. The molecule has 0 saturated heterocycles. The van der Waals surface area contributed by atoms with Gasteiger partial charge in [-0.05, 0) is 42.0 Å². The van der Waals surface area contributed by atoms with E-state index in [1.807, 2.05) is 0 Å². The van der Waals surface area contributed by atoms with Crippen molar-refractivity contribution in [1.29, 1.82) is 0 Å². The lowest BCUT2D eigenvalue weighted by molar-refractivity contribution is -0.121. The Morgan fingerprint density at radius 1 is 1.09 bits per heavy atom. The van der Waals surface area contributed by atoms with Crippen LogP contribution in [0.25, 0.3) is 0 Å². The second-order valence-corrected chi connectivity index (χ2v) is 7.42. The molecule has 0 fully saturated rings. The number of nitrogens with zero attached hydrogens (tertiary/aromatic N) is 1. The number of amides is 1. The molecule has 2 aromatic rings. The van der Waals surface area contributed by atoms with Crippen molar-refractivity contribution < 1.29 is 13.2 Å². The minimum atomic E-state index is -3.60. The fourth-order valence-corrected chi connectivity index (χ4v) is 3.08. The van der Waals surface area contributed by atoms with Crippen LogP contribution in [-0.2, 0) is 21.4 Å². The molecule has 1 amide bonds. The highest BCUT2D eigenvalue weighted by atomic mass is 79.9. The topological polar surface area (TPSA) is 88.2 Å². The van der Waals surface area contributed by atoms with Gasteiger partial charge in [-0.2, -0.15) is 0 Å². The van der Waals surface area contributed by atoms with Crippen LogP contribution in [-0.4, -0.2) is 25.9 Å². The lowest BCUT2D eigenvalue weighted by atomic mass is 10.2. The second-order valence-electron chi connectivity index (χ2n) is 4.73. The molecule has 0 spiro atoms. The van der Waals surface area contributed by atoms with E-state index in [0.29, 0.717) is 6.54 Å². The maximum atomic E-state index is 12.0. The molecule has 0 radical (unpaired) electrons. The summed E-state index contributed by atoms with van der Waals surface area (Å²) in [5.41, 5.74) is 0.934. The van der Waals surface area contributed by atoms with Crippen molar-refractivity contribution in [2.75, 3.05) is 6.54 Å². The van der Waals surface area contributed by atoms with Crippen LogP contribution in [0, 0.1) is 0 Å². The van der Waals surface area contributed by atoms with Crippen LogP contribution in [0.1, 0.15) is 12.0 Å². The van der Waals surface area contributed by atoms with Gasteiger partial charge in [-0.25, -0.2) is 13.1 Å². The monoisotopic (exact) mass is 397 g/mol. The number of nitrogens with one attached hydrogen (secondary N) is 2. The van der Waals surface area contributed by atoms with Gasteiger partial charge >= 0.3 is 0 Å². The molecule has 0 aliphatic carbocycles. The Labute approximate surface area is 143 Å². The molecule has 0 aliphatic heterocycles. The maximum absolute atomic E-state index is 12.0. The van der Waals surface area contributed by atoms with Gasteiger partial charge in [0.25, 0.3) is 0 Å². The van der Waals surface area contributed by atoms with Crippen LogP contribution in [0.2, 0.25) is 0 Å². The van der Waals surface area contributed by atoms with Gasteiger partial charge in [0.2, 0.25) is 15.9 Å². The van der Waals surface area contributed by atoms with Gasteiger partial charge in [0.1, 0.15) is 0 Å². The Bertz CT molecular complexity index is 749. The summed E-state index contributed by atoms with van der Waals surface area (Å²) in [6.45, 7) is 0.432. The third-order valence-corrected chi connectivity index (χ3v) is 5.01. The number of sulfonamides is 1. The first-order valence-corrected chi connectivity index (χ1v) is 9.16. The maximum Gasteiger partial charge on any atom is 0.240 e. The van der Waals surface area contributed by atoms with E-state index in [2.05, 4.69) is 31.0 Å². The average Bonchev–Trinajstić information content (AvgIpc) is 2.54. The Morgan fingerprint density at radius 2 is 1.74 bits per heavy atom. The van der Waals surface area contributed by atoms with E-state index in [1.165, 1.54) is 12.1 Å². The molecule has 122 valence electrons. The third kappa shape index (κ3) is 5.74. The van der Waals surface area contributed by atoms with Crippen molar-refractivity contribution in [3.63, 3.8) is 0 Å². The van der Waals surface area contributed by atoms with Crippen molar-refractivity contribution in [1.82, 2.24) is 15.0 Å². The molecule has 6 nitrogen and oxygen atoms in total. The summed E-state index contributed by atoms with van der Waals surface area (Å²) < 4.78 is 27.3. The van der Waals surface area contributed by atoms with Crippen LogP contribution in [0.15, 0.2) is 58.2 Å². The largest absolute Gasteiger partial charge is 0.352 e. The van der Waals surface area contributed by atoms with E-state index in [0.717, 1.165) is 10.0 Å². The highest BCUT2D eigenvalue weighted by molar-refractivity contribution is 9.10. The molecule has 0 saturated carbocycles. The lowest BCUT2D eigenvalue weighted by Gasteiger charge is -2.08. The number of halogens is 1. The van der Waals surface area contributed by atoms with Crippen molar-refractivity contribution >= 4 is 31.9 Å². The summed E-state index contributed by atoms with van der Waals surface area (Å²) >= 11 is 3.25. The Hall–Kier alpha value is -1.77. The third-order valence-electron chi connectivity index (χ3n) is 3.01. The molecule has 23 heavy (non-hydrogen) atoms. The smallest absolute Gasteiger partial charge is 0.240 e. The molecule has 8 heteroatoms. The van der Waals surface area contributed by atoms with Gasteiger partial charge in [-0.3, -0.25) is 9.78 Å². The van der Waals surface area contributed by atoms with Crippen LogP contribution in [0.4, 0.5) is 0 Å². The number of benzene rings is 1. The average molecular weight is 398 g/mol. The summed E-state index contributed by atoms with van der Waals surface area (Å²) in [7, 11) is -3.60. The first-order valence-electron chi connectivity index (χ1n) is 6.88. The van der Waals surface area contributed by atoms with Gasteiger partial charge in [0.15, 0.2) is 0 Å². The molecule has 0 atom stereocenters. The minimum Gasteiger partial charge on any atom is -0.352 e. The molecule has 0 aliphatic rings. The van der Waals surface area contributed by atoms with Crippen LogP contribution < -0.4 is 10.0 Å². The van der Waals surface area contributed by atoms with E-state index < -0.39 is 10.0 Å². The molecule has 1 heterocycles. The van der Waals surface area contributed by atoms with Crippen molar-refractivity contribution in [3.05, 3.63) is 58.8 Å². The normalized spacial score (nSPS) is 11.2. The zero-order chi connectivity index (χ0) is 16.7. The minimum absolute atomic E-state index is 0.0422. The van der Waals surface area contributed by atoms with Gasteiger partial charge < -0.3 is 5.32 Å². The SMILES string of the molecule is O=C(CCNS(=O)(=O)c1ccc(Br)cc1)NCc1ccncc1. The lowest BCUT2D eigenvalue weighted by Crippen LogP contribution is -2.30. The van der Waals surface area contributed by atoms with Crippen LogP contribution in [0.5, 0.6) is 0 Å². The van der Waals surface area contributed by atoms with Gasteiger partial charge in [0, 0.05) is 36.4 Å². The van der Waals surface area contributed by atoms with E-state index in [4.69, 9.17) is 0 Å². The molecular formula is C15H16BrN3O3S. The molecule has 1 aromatic carbocycles. The summed E-state index contributed by atoms with van der Waals surface area (Å²) in [4.78, 5) is 15.8. The van der Waals surface area contributed by atoms with Crippen molar-refractivity contribution in [2.45, 2.75) is 17.9 Å². The zero-order valence-electron chi connectivity index (χ0n) is 12.2. The number of pyridine rings is 1. The Morgan fingerprint density at radius 3 is 2.39 bits per heavy atom. The standard InChI is InChI=1S/C15H16BrN3O3S/c16-13-1-3-14(4-2-13)23(21,22)19-10-7-15(20)18-11-12-5-8-17-9-6-12/h1-6,8-9,19H,7,10-11H2,(H,18,20). The number of rotatable bonds is 7. The number of carbonyl (C=O) groups is 1. The predicted molar refractivity (Wildman–Crippen MR) is 90.0 cm³/mol. The van der Waals surface area contributed by atoms with Crippen LogP contribution in [0.3, 0.4) is 0 Å². The number of hydrogen-bond acceptors (Lipinski definition) is 4. The quantitative estimate of drug-likeness (QED) is 0.745. The van der Waals surface area contributed by atoms with Gasteiger partial charge in [-0.1, -0.05) is 15.9 Å². The highest BCUT2D eigenvalue weighted by Gasteiger charge is 2.13. The fourth-order valence-electron chi connectivity index (χ4n) is 1.79. The van der Waals surface area contributed by atoms with Gasteiger partial charge in [0.05, 0.1) is 4.90 Å². The van der Waals surface area contributed by atoms with E-state index in [-0.39, 0.29) is 23.8 Å². The number of carbonyl (C=O) groups excluding carboxylic acids is 1. The van der Waals surface area contributed by atoms with E-state index in [1.54, 1.807) is 36.7 Å². The molecule has 1 aromatic heterocycles. The highest BCUT2D eigenvalue weighted by Crippen LogP contribution is 2.14. The molecular weight excluding hydrogens is 382 g/mol. The van der Waals surface area contributed by atoms with Crippen molar-refractivity contribution in [3.8, 4) is 0 Å². The van der Waals surface area contributed by atoms with E-state index in [9.17, 15) is 13.2 Å². The van der Waals surface area contributed by atoms with Crippen molar-refractivity contribution in [2.24, 2.45) is 0 Å². The fraction of sp³-hybridized carbons (Fsp3) is 0.200. The molecule has 2 rings (SSSR count). The first-order chi connectivity index (χ1) is 11.0. The molecule has 0 bridgehead atoms. The second kappa shape index (κ2) is 8.19. The molecule has 2 N–H and O–H groups in total. The van der Waals surface area contributed by atoms with Gasteiger partial charge in [-0.15, -0.1) is 0 Å². The summed E-state index contributed by atoms with van der Waals surface area (Å²) in [5.74, 6) is -0.222. The Balaban J connectivity index is 1.77.